The lowest BCUT2D eigenvalue weighted by Gasteiger charge is -2.11. The molecule has 0 unspecified atom stereocenters. The van der Waals surface area contributed by atoms with Crippen molar-refractivity contribution in [3.05, 3.63) is 75.5 Å². The highest BCUT2D eigenvalue weighted by Crippen LogP contribution is 2.14. The number of aromatic nitrogens is 2. The molecule has 27 heavy (non-hydrogen) atoms. The van der Waals surface area contributed by atoms with E-state index in [9.17, 15) is 0 Å². The number of aryl methyl sites for hydroxylation is 2. The van der Waals surface area contributed by atoms with E-state index in [-0.39, 0.29) is 0 Å². The highest BCUT2D eigenvalue weighted by molar-refractivity contribution is 7.11. The van der Waals surface area contributed by atoms with E-state index in [2.05, 4.69) is 70.4 Å². The van der Waals surface area contributed by atoms with Crippen molar-refractivity contribution in [2.75, 3.05) is 6.54 Å². The molecule has 2 heterocycles. The van der Waals surface area contributed by atoms with Crippen molar-refractivity contribution >= 4 is 17.3 Å². The van der Waals surface area contributed by atoms with Gasteiger partial charge in [-0.1, -0.05) is 24.3 Å². The summed E-state index contributed by atoms with van der Waals surface area (Å²) in [6, 6.07) is 12.9. The predicted octanol–water partition coefficient (Wildman–Crippen LogP) is 3.87. The quantitative estimate of drug-likeness (QED) is 0.483. The third-order valence-corrected chi connectivity index (χ3v) is 5.26. The molecule has 2 N–H and O–H groups in total. The first-order valence-electron chi connectivity index (χ1n) is 9.27. The van der Waals surface area contributed by atoms with Crippen molar-refractivity contribution in [1.82, 2.24) is 20.2 Å². The molecule has 2 aromatic heterocycles. The Bertz CT molecular complexity index is 893. The second kappa shape index (κ2) is 9.37. The number of hydrogen-bond acceptors (Lipinski definition) is 3. The molecule has 0 aliphatic heterocycles. The van der Waals surface area contributed by atoms with Crippen LogP contribution in [-0.4, -0.2) is 22.1 Å². The van der Waals surface area contributed by atoms with Gasteiger partial charge in [-0.25, -0.2) is 9.98 Å². The summed E-state index contributed by atoms with van der Waals surface area (Å²) in [4.78, 5) is 11.7. The van der Waals surface area contributed by atoms with E-state index in [0.29, 0.717) is 6.54 Å². The first kappa shape index (κ1) is 19.2. The van der Waals surface area contributed by atoms with Crippen LogP contribution in [0.25, 0.3) is 0 Å². The summed E-state index contributed by atoms with van der Waals surface area (Å²) in [6.45, 7) is 9.36. The van der Waals surface area contributed by atoms with Crippen LogP contribution in [0.15, 0.2) is 53.8 Å². The Morgan fingerprint density at radius 3 is 2.70 bits per heavy atom. The summed E-state index contributed by atoms with van der Waals surface area (Å²) in [6.07, 6.45) is 3.85. The third-order valence-electron chi connectivity index (χ3n) is 4.26. The Hall–Kier alpha value is -2.60. The van der Waals surface area contributed by atoms with E-state index in [0.717, 1.165) is 31.4 Å². The number of benzene rings is 1. The van der Waals surface area contributed by atoms with Gasteiger partial charge in [0.2, 0.25) is 0 Å². The van der Waals surface area contributed by atoms with Gasteiger partial charge in [0.25, 0.3) is 0 Å². The topological polar surface area (TPSA) is 54.2 Å². The summed E-state index contributed by atoms with van der Waals surface area (Å²) >= 11 is 1.81. The predicted molar refractivity (Wildman–Crippen MR) is 113 cm³/mol. The zero-order valence-corrected chi connectivity index (χ0v) is 17.0. The summed E-state index contributed by atoms with van der Waals surface area (Å²) in [7, 11) is 0. The maximum atomic E-state index is 4.74. The van der Waals surface area contributed by atoms with Crippen molar-refractivity contribution in [3.63, 3.8) is 0 Å². The molecule has 0 saturated heterocycles. The molecule has 0 fully saturated rings. The maximum absolute atomic E-state index is 4.74. The number of nitrogens with one attached hydrogen (secondary N) is 2. The highest BCUT2D eigenvalue weighted by atomic mass is 32.1. The molecule has 6 heteroatoms. The summed E-state index contributed by atoms with van der Waals surface area (Å²) < 4.78 is 2.15. The molecule has 0 aliphatic carbocycles. The normalized spacial score (nSPS) is 11.6. The minimum absolute atomic E-state index is 0.648. The third kappa shape index (κ3) is 5.69. The number of hydrogen-bond donors (Lipinski definition) is 2. The lowest BCUT2D eigenvalue weighted by Crippen LogP contribution is -2.36. The first-order chi connectivity index (χ1) is 13.1. The molecule has 1 aromatic carbocycles. The minimum atomic E-state index is 0.648. The van der Waals surface area contributed by atoms with Crippen molar-refractivity contribution in [2.45, 2.75) is 40.4 Å². The van der Waals surface area contributed by atoms with Gasteiger partial charge in [-0.3, -0.25) is 0 Å². The van der Waals surface area contributed by atoms with Gasteiger partial charge in [-0.15, -0.1) is 11.3 Å². The number of thiophene rings is 1. The highest BCUT2D eigenvalue weighted by Gasteiger charge is 2.03. The zero-order valence-electron chi connectivity index (χ0n) is 16.2. The Labute approximate surface area is 165 Å². The lowest BCUT2D eigenvalue weighted by atomic mass is 10.1. The zero-order chi connectivity index (χ0) is 19.1. The Morgan fingerprint density at radius 2 is 2.00 bits per heavy atom. The van der Waals surface area contributed by atoms with Gasteiger partial charge < -0.3 is 15.2 Å². The molecule has 0 spiro atoms. The summed E-state index contributed by atoms with van der Waals surface area (Å²) in [5.41, 5.74) is 2.46. The van der Waals surface area contributed by atoms with Crippen LogP contribution in [0, 0.1) is 13.8 Å². The molecule has 0 atom stereocenters. The molecule has 142 valence electrons. The fraction of sp³-hybridized carbons (Fsp3) is 0.333. The van der Waals surface area contributed by atoms with Crippen LogP contribution >= 0.6 is 11.3 Å². The van der Waals surface area contributed by atoms with Gasteiger partial charge >= 0.3 is 0 Å². The Balaban J connectivity index is 1.62. The Kier molecular flexibility index (Phi) is 6.65. The molecule has 0 radical (unpaired) electrons. The van der Waals surface area contributed by atoms with Crippen LogP contribution in [-0.2, 0) is 19.6 Å². The van der Waals surface area contributed by atoms with Crippen molar-refractivity contribution in [2.24, 2.45) is 4.99 Å². The van der Waals surface area contributed by atoms with Gasteiger partial charge in [-0.05, 0) is 44.0 Å². The fourth-order valence-corrected chi connectivity index (χ4v) is 3.69. The van der Waals surface area contributed by atoms with E-state index in [1.54, 1.807) is 0 Å². The van der Waals surface area contributed by atoms with Gasteiger partial charge in [0.15, 0.2) is 5.96 Å². The number of nitrogens with zero attached hydrogens (tertiary/aromatic N) is 3. The largest absolute Gasteiger partial charge is 0.357 e. The second-order valence-corrected chi connectivity index (χ2v) is 7.86. The van der Waals surface area contributed by atoms with Crippen molar-refractivity contribution in [3.8, 4) is 0 Å². The fourth-order valence-electron chi connectivity index (χ4n) is 2.86. The van der Waals surface area contributed by atoms with Crippen molar-refractivity contribution < 1.29 is 0 Å². The van der Waals surface area contributed by atoms with Crippen LogP contribution in [0.4, 0.5) is 0 Å². The van der Waals surface area contributed by atoms with Crippen LogP contribution in [0.1, 0.15) is 33.6 Å². The molecule has 3 rings (SSSR count). The van der Waals surface area contributed by atoms with E-state index in [1.807, 2.05) is 30.7 Å². The number of imidazole rings is 1. The molecule has 3 aromatic rings. The average Bonchev–Trinajstić information content (AvgIpc) is 3.26. The van der Waals surface area contributed by atoms with E-state index >= 15 is 0 Å². The number of guanidine groups is 1. The minimum Gasteiger partial charge on any atom is -0.357 e. The molecule has 0 aliphatic rings. The SMILES string of the molecule is CCNC(=NCc1cccc(Cn2ccnc2C)c1)NCc1ccc(C)s1. The van der Waals surface area contributed by atoms with Crippen LogP contribution < -0.4 is 10.6 Å². The van der Waals surface area contributed by atoms with Gasteiger partial charge in [0.1, 0.15) is 5.82 Å². The molecular weight excluding hydrogens is 354 g/mol. The molecule has 0 amide bonds. The van der Waals surface area contributed by atoms with Crippen LogP contribution in [0.5, 0.6) is 0 Å². The van der Waals surface area contributed by atoms with Crippen molar-refractivity contribution in [1.29, 1.82) is 0 Å². The van der Waals surface area contributed by atoms with E-state index in [1.165, 1.54) is 20.9 Å². The standard InChI is InChI=1S/C21H27N5S/c1-4-22-21(25-14-20-9-8-16(2)27-20)24-13-18-6-5-7-19(12-18)15-26-11-10-23-17(26)3/h5-12H,4,13-15H2,1-3H3,(H2,22,24,25). The number of rotatable bonds is 7. The molecule has 0 saturated carbocycles. The van der Waals surface area contributed by atoms with E-state index < -0.39 is 0 Å². The second-order valence-electron chi connectivity index (χ2n) is 6.48. The maximum Gasteiger partial charge on any atom is 0.191 e. The smallest absolute Gasteiger partial charge is 0.191 e. The average molecular weight is 382 g/mol. The Morgan fingerprint density at radius 1 is 1.15 bits per heavy atom. The van der Waals surface area contributed by atoms with E-state index in [4.69, 9.17) is 4.99 Å². The van der Waals surface area contributed by atoms with Crippen LogP contribution in [0.3, 0.4) is 0 Å². The molecule has 5 nitrogen and oxygen atoms in total. The van der Waals surface area contributed by atoms with Gasteiger partial charge in [-0.2, -0.15) is 0 Å². The van der Waals surface area contributed by atoms with Gasteiger partial charge in [0.05, 0.1) is 13.1 Å². The number of aliphatic imine (C=N–C) groups is 1. The van der Waals surface area contributed by atoms with Crippen LogP contribution in [0.2, 0.25) is 0 Å². The van der Waals surface area contributed by atoms with Gasteiger partial charge in [0, 0.05) is 35.2 Å². The first-order valence-corrected chi connectivity index (χ1v) is 10.1. The monoisotopic (exact) mass is 381 g/mol. The summed E-state index contributed by atoms with van der Waals surface area (Å²) in [5, 5.41) is 6.74. The lowest BCUT2D eigenvalue weighted by molar-refractivity contribution is 0.760. The summed E-state index contributed by atoms with van der Waals surface area (Å²) in [5.74, 6) is 1.88. The molecule has 0 bridgehead atoms. The molecular formula is C21H27N5S.